The van der Waals surface area contributed by atoms with Gasteiger partial charge in [0.25, 0.3) is 0 Å². The van der Waals surface area contributed by atoms with Crippen LogP contribution in [-0.2, 0) is 0 Å². The predicted molar refractivity (Wildman–Crippen MR) is 43.5 cm³/mol. The first-order valence-corrected chi connectivity index (χ1v) is 4.15. The molecule has 1 aromatic heterocycles. The minimum Gasteiger partial charge on any atom is -0.484 e. The van der Waals surface area contributed by atoms with E-state index in [1.54, 1.807) is 0 Å². The van der Waals surface area contributed by atoms with Gasteiger partial charge in [-0.15, -0.1) is 0 Å². The molecule has 9 heteroatoms. The third kappa shape index (κ3) is 3.16. The van der Waals surface area contributed by atoms with Crippen molar-refractivity contribution in [2.45, 2.75) is 12.1 Å². The molecule has 0 amide bonds. The molecule has 1 rings (SSSR count). The Bertz CT molecular complexity index is 353. The van der Waals surface area contributed by atoms with Gasteiger partial charge in [-0.2, -0.15) is 22.0 Å². The summed E-state index contributed by atoms with van der Waals surface area (Å²) in [6, 6.07) is 0. The first-order chi connectivity index (χ1) is 7.22. The second-order valence-corrected chi connectivity index (χ2v) is 3.02. The topological polar surface area (TPSA) is 35.0 Å². The van der Waals surface area contributed by atoms with Crippen molar-refractivity contribution < 1.29 is 26.7 Å². The number of nitrogens with zero attached hydrogens (tertiary/aromatic N) is 2. The summed E-state index contributed by atoms with van der Waals surface area (Å²) in [5, 5.41) is -0.171. The fourth-order valence-corrected chi connectivity index (χ4v) is 0.728. The maximum absolute atomic E-state index is 12.4. The van der Waals surface area contributed by atoms with Crippen LogP contribution in [0.5, 0.6) is 5.75 Å². The van der Waals surface area contributed by atoms with Crippen molar-refractivity contribution in [3.63, 3.8) is 0 Å². The van der Waals surface area contributed by atoms with E-state index in [1.807, 2.05) is 0 Å². The summed E-state index contributed by atoms with van der Waals surface area (Å²) in [6.45, 7) is -1.83. The Balaban J connectivity index is 2.61. The lowest BCUT2D eigenvalue weighted by atomic mass is 10.3. The summed E-state index contributed by atoms with van der Waals surface area (Å²) < 4.78 is 64.1. The quantitative estimate of drug-likeness (QED) is 0.620. The van der Waals surface area contributed by atoms with Gasteiger partial charge in [0.1, 0.15) is 0 Å². The van der Waals surface area contributed by atoms with Crippen LogP contribution >= 0.6 is 11.6 Å². The van der Waals surface area contributed by atoms with E-state index >= 15 is 0 Å². The molecule has 0 atom stereocenters. The molecule has 0 spiro atoms. The van der Waals surface area contributed by atoms with Crippen LogP contribution in [0.4, 0.5) is 22.0 Å². The Morgan fingerprint density at radius 3 is 2.06 bits per heavy atom. The first kappa shape index (κ1) is 12.9. The minimum absolute atomic E-state index is 0.171. The number of hydrogen-bond acceptors (Lipinski definition) is 3. The van der Waals surface area contributed by atoms with Crippen molar-refractivity contribution in [1.82, 2.24) is 9.97 Å². The van der Waals surface area contributed by atoms with Crippen molar-refractivity contribution in [2.24, 2.45) is 0 Å². The molecule has 3 nitrogen and oxygen atoms in total. The lowest BCUT2D eigenvalue weighted by Crippen LogP contribution is -2.41. The Morgan fingerprint density at radius 1 is 1.12 bits per heavy atom. The van der Waals surface area contributed by atoms with Crippen LogP contribution < -0.4 is 4.74 Å². The lowest BCUT2D eigenvalue weighted by Gasteiger charge is -2.19. The first-order valence-electron chi connectivity index (χ1n) is 3.77. The van der Waals surface area contributed by atoms with Crippen LogP contribution in [0.1, 0.15) is 0 Å². The molecular formula is C7H4ClF5N2O. The number of alkyl halides is 5. The number of halogens is 6. The highest BCUT2D eigenvalue weighted by Gasteiger charge is 2.58. The highest BCUT2D eigenvalue weighted by atomic mass is 35.5. The standard InChI is InChI=1S/C7H4ClF5N2O/c8-5-14-1-4(2-15-5)16-3-6(9,10)7(11,12)13/h1-2H,3H2. The van der Waals surface area contributed by atoms with Gasteiger partial charge >= 0.3 is 12.1 Å². The summed E-state index contributed by atoms with van der Waals surface area (Å²) in [7, 11) is 0. The molecule has 0 saturated carbocycles. The molecule has 0 aliphatic rings. The summed E-state index contributed by atoms with van der Waals surface area (Å²) in [6.07, 6.45) is -3.87. The normalized spacial score (nSPS) is 12.6. The van der Waals surface area contributed by atoms with E-state index in [1.165, 1.54) is 0 Å². The summed E-state index contributed by atoms with van der Waals surface area (Å²) in [5.41, 5.74) is 0. The summed E-state index contributed by atoms with van der Waals surface area (Å²) >= 11 is 5.27. The third-order valence-corrected chi connectivity index (χ3v) is 1.63. The largest absolute Gasteiger partial charge is 0.484 e. The van der Waals surface area contributed by atoms with Crippen molar-refractivity contribution >= 4 is 11.6 Å². The number of hydrogen-bond donors (Lipinski definition) is 0. The number of aromatic nitrogens is 2. The Labute approximate surface area is 91.2 Å². The van der Waals surface area contributed by atoms with Crippen molar-refractivity contribution in [2.75, 3.05) is 6.61 Å². The zero-order chi connectivity index (χ0) is 12.4. The van der Waals surface area contributed by atoms with Gasteiger partial charge in [-0.1, -0.05) is 0 Å². The minimum atomic E-state index is -5.65. The van der Waals surface area contributed by atoms with Crippen LogP contribution in [0.2, 0.25) is 5.28 Å². The average Bonchev–Trinajstić information content (AvgIpc) is 2.15. The van der Waals surface area contributed by atoms with E-state index in [2.05, 4.69) is 14.7 Å². The fraction of sp³-hybridized carbons (Fsp3) is 0.429. The Morgan fingerprint density at radius 2 is 1.62 bits per heavy atom. The zero-order valence-electron chi connectivity index (χ0n) is 7.43. The Hall–Kier alpha value is -1.18. The van der Waals surface area contributed by atoms with E-state index in [0.29, 0.717) is 0 Å². The van der Waals surface area contributed by atoms with Crippen molar-refractivity contribution in [1.29, 1.82) is 0 Å². The van der Waals surface area contributed by atoms with Gasteiger partial charge in [0.15, 0.2) is 12.4 Å². The van der Waals surface area contributed by atoms with Gasteiger partial charge in [-0.05, 0) is 11.6 Å². The Kier molecular flexibility index (Phi) is 3.51. The molecule has 0 aliphatic carbocycles. The highest BCUT2D eigenvalue weighted by molar-refractivity contribution is 6.28. The van der Waals surface area contributed by atoms with Gasteiger partial charge < -0.3 is 4.74 Å². The molecular weight excluding hydrogens is 259 g/mol. The smallest absolute Gasteiger partial charge is 0.456 e. The highest BCUT2D eigenvalue weighted by Crippen LogP contribution is 2.35. The van der Waals surface area contributed by atoms with E-state index in [-0.39, 0.29) is 11.0 Å². The van der Waals surface area contributed by atoms with Crippen LogP contribution in [0.25, 0.3) is 0 Å². The van der Waals surface area contributed by atoms with Gasteiger partial charge in [-0.25, -0.2) is 9.97 Å². The maximum Gasteiger partial charge on any atom is 0.456 e. The van der Waals surface area contributed by atoms with Crippen LogP contribution in [-0.4, -0.2) is 28.7 Å². The molecule has 0 fully saturated rings. The van der Waals surface area contributed by atoms with E-state index in [9.17, 15) is 22.0 Å². The van der Waals surface area contributed by atoms with Crippen LogP contribution in [0, 0.1) is 0 Å². The second kappa shape index (κ2) is 4.36. The second-order valence-electron chi connectivity index (χ2n) is 2.68. The predicted octanol–water partition coefficient (Wildman–Crippen LogP) is 2.71. The fourth-order valence-electron chi connectivity index (χ4n) is 0.631. The molecule has 1 aromatic rings. The lowest BCUT2D eigenvalue weighted by molar-refractivity contribution is -0.290. The third-order valence-electron chi connectivity index (χ3n) is 1.43. The molecule has 0 N–H and O–H groups in total. The van der Waals surface area contributed by atoms with E-state index in [0.717, 1.165) is 12.4 Å². The van der Waals surface area contributed by atoms with Crippen molar-refractivity contribution in [3.8, 4) is 5.75 Å². The van der Waals surface area contributed by atoms with Crippen LogP contribution in [0.15, 0.2) is 12.4 Å². The monoisotopic (exact) mass is 262 g/mol. The molecule has 0 unspecified atom stereocenters. The summed E-state index contributed by atoms with van der Waals surface area (Å²) in [4.78, 5) is 6.69. The molecule has 90 valence electrons. The summed E-state index contributed by atoms with van der Waals surface area (Å²) in [5.74, 6) is -5.25. The van der Waals surface area contributed by atoms with E-state index in [4.69, 9.17) is 11.6 Å². The van der Waals surface area contributed by atoms with Gasteiger partial charge in [-0.3, -0.25) is 0 Å². The zero-order valence-corrected chi connectivity index (χ0v) is 8.19. The molecule has 0 saturated heterocycles. The SMILES string of the molecule is FC(F)(F)C(F)(F)COc1cnc(Cl)nc1. The van der Waals surface area contributed by atoms with E-state index < -0.39 is 18.7 Å². The molecule has 0 aromatic carbocycles. The molecule has 16 heavy (non-hydrogen) atoms. The molecule has 0 bridgehead atoms. The van der Waals surface area contributed by atoms with Gasteiger partial charge in [0.2, 0.25) is 5.28 Å². The van der Waals surface area contributed by atoms with Gasteiger partial charge in [0.05, 0.1) is 12.4 Å². The van der Waals surface area contributed by atoms with Crippen LogP contribution in [0.3, 0.4) is 0 Å². The maximum atomic E-state index is 12.4. The average molecular weight is 263 g/mol. The number of ether oxygens (including phenoxy) is 1. The molecule has 0 aliphatic heterocycles. The molecule has 0 radical (unpaired) electrons. The van der Waals surface area contributed by atoms with Gasteiger partial charge in [0, 0.05) is 0 Å². The van der Waals surface area contributed by atoms with Crippen molar-refractivity contribution in [3.05, 3.63) is 17.7 Å². The number of rotatable bonds is 3. The molecule has 1 heterocycles.